The molecule has 0 saturated heterocycles. The molecular weight excluding hydrogens is 348 g/mol. The predicted octanol–water partition coefficient (Wildman–Crippen LogP) is 5.53. The van der Waals surface area contributed by atoms with E-state index >= 15 is 0 Å². The van der Waals surface area contributed by atoms with Gasteiger partial charge in [-0.1, -0.05) is 61.7 Å². The summed E-state index contributed by atoms with van der Waals surface area (Å²) in [7, 11) is 1.44. The summed E-state index contributed by atoms with van der Waals surface area (Å²) in [6, 6.07) is 10.7. The van der Waals surface area contributed by atoms with Gasteiger partial charge in [-0.25, -0.2) is 0 Å². The van der Waals surface area contributed by atoms with E-state index in [0.717, 1.165) is 51.4 Å². The fraction of sp³-hybridized carbons (Fsp3) is 0.600. The van der Waals surface area contributed by atoms with Crippen molar-refractivity contribution in [3.8, 4) is 0 Å². The number of fused-ring (bicyclic) bond motifs is 1. The number of hydrogen-bond donors (Lipinski definition) is 0. The van der Waals surface area contributed by atoms with Crippen LogP contribution < -0.4 is 0 Å². The average molecular weight is 383 g/mol. The van der Waals surface area contributed by atoms with Crippen LogP contribution in [0.5, 0.6) is 0 Å². The van der Waals surface area contributed by atoms with Crippen molar-refractivity contribution in [1.29, 1.82) is 0 Å². The summed E-state index contributed by atoms with van der Waals surface area (Å²) in [5.74, 6) is 2.57. The van der Waals surface area contributed by atoms with Crippen LogP contribution in [0.15, 0.2) is 42.5 Å². The van der Waals surface area contributed by atoms with Crippen LogP contribution in [0.1, 0.15) is 63.4 Å². The third-order valence-electron chi connectivity index (χ3n) is 6.52. The summed E-state index contributed by atoms with van der Waals surface area (Å²) in [5, 5.41) is 0. The molecular formula is C25H34O3. The first-order valence-corrected chi connectivity index (χ1v) is 11.0. The van der Waals surface area contributed by atoms with Gasteiger partial charge in [0.05, 0.1) is 7.11 Å². The summed E-state index contributed by atoms with van der Waals surface area (Å²) >= 11 is 0. The number of benzene rings is 1. The Morgan fingerprint density at radius 2 is 1.89 bits per heavy atom. The molecule has 3 nitrogen and oxygen atoms in total. The second-order valence-corrected chi connectivity index (χ2v) is 8.43. The normalized spacial score (nSPS) is 25.8. The zero-order chi connectivity index (χ0) is 19.8. The van der Waals surface area contributed by atoms with Gasteiger partial charge in [0.2, 0.25) is 0 Å². The standard InChI is InChI=1S/C25H34O3/c1-28-24(27)17-11-3-2-9-16-21-23(26)18-22-20(25(21)22)15-10-5-8-14-19-12-6-4-7-13-19/h4,6-7,10,12-13,15,20-22,25H,2-3,5,8-9,11,14,16-18H2,1H3/b15-10+/t20?,21-,22?,25?/m1/s1. The Kier molecular flexibility index (Phi) is 7.88. The fourth-order valence-electron chi connectivity index (χ4n) is 4.90. The maximum absolute atomic E-state index is 12.3. The summed E-state index contributed by atoms with van der Waals surface area (Å²) in [5.41, 5.74) is 1.41. The number of unbranched alkanes of at least 4 members (excludes halogenated alkanes) is 4. The highest BCUT2D eigenvalue weighted by Crippen LogP contribution is 2.60. The van der Waals surface area contributed by atoms with E-state index in [1.54, 1.807) is 0 Å². The number of aryl methyl sites for hydroxylation is 1. The van der Waals surface area contributed by atoms with Gasteiger partial charge in [0.1, 0.15) is 5.78 Å². The number of allylic oxidation sites excluding steroid dienone is 2. The SMILES string of the molecule is COC(=O)CCCCCC[C@@H]1C(=O)CC2C(/C=C/CCCc3ccccc3)C21. The topological polar surface area (TPSA) is 43.4 Å². The second kappa shape index (κ2) is 10.6. The lowest BCUT2D eigenvalue weighted by Gasteiger charge is -2.12. The highest BCUT2D eigenvalue weighted by Gasteiger charge is 2.59. The van der Waals surface area contributed by atoms with Gasteiger partial charge in [-0.05, 0) is 55.4 Å². The number of Topliss-reactive ketones (excluding diaryl/α,β-unsaturated/α-hetero) is 1. The number of carbonyl (C=O) groups excluding carboxylic acids is 2. The van der Waals surface area contributed by atoms with Crippen LogP contribution in [-0.4, -0.2) is 18.9 Å². The molecule has 0 aromatic heterocycles. The van der Waals surface area contributed by atoms with Crippen molar-refractivity contribution in [3.05, 3.63) is 48.0 Å². The number of methoxy groups -OCH3 is 1. The van der Waals surface area contributed by atoms with Crippen molar-refractivity contribution in [1.82, 2.24) is 0 Å². The van der Waals surface area contributed by atoms with Gasteiger partial charge in [0, 0.05) is 18.8 Å². The lowest BCUT2D eigenvalue weighted by atomic mass is 9.92. The van der Waals surface area contributed by atoms with Gasteiger partial charge < -0.3 is 4.74 Å². The molecule has 1 aromatic rings. The predicted molar refractivity (Wildman–Crippen MR) is 112 cm³/mol. The van der Waals surface area contributed by atoms with E-state index in [0.29, 0.717) is 35.9 Å². The van der Waals surface area contributed by atoms with Gasteiger partial charge in [-0.2, -0.15) is 0 Å². The third kappa shape index (κ3) is 5.80. The minimum absolute atomic E-state index is 0.120. The Hall–Kier alpha value is -1.90. The van der Waals surface area contributed by atoms with E-state index in [1.165, 1.54) is 19.1 Å². The van der Waals surface area contributed by atoms with Crippen molar-refractivity contribution < 1.29 is 14.3 Å². The van der Waals surface area contributed by atoms with Crippen molar-refractivity contribution in [3.63, 3.8) is 0 Å². The largest absolute Gasteiger partial charge is 0.469 e. The Balaban J connectivity index is 1.29. The van der Waals surface area contributed by atoms with Crippen molar-refractivity contribution in [2.24, 2.45) is 23.7 Å². The lowest BCUT2D eigenvalue weighted by Crippen LogP contribution is -2.13. The number of ketones is 1. The monoisotopic (exact) mass is 382 g/mol. The maximum Gasteiger partial charge on any atom is 0.305 e. The van der Waals surface area contributed by atoms with Crippen molar-refractivity contribution >= 4 is 11.8 Å². The zero-order valence-corrected chi connectivity index (χ0v) is 17.1. The van der Waals surface area contributed by atoms with Gasteiger partial charge in [-0.3, -0.25) is 9.59 Å². The molecule has 0 spiro atoms. The molecule has 0 bridgehead atoms. The highest BCUT2D eigenvalue weighted by molar-refractivity contribution is 5.85. The zero-order valence-electron chi connectivity index (χ0n) is 17.1. The Morgan fingerprint density at radius 1 is 1.11 bits per heavy atom. The molecule has 0 amide bonds. The van der Waals surface area contributed by atoms with E-state index in [-0.39, 0.29) is 5.97 Å². The molecule has 2 fully saturated rings. The van der Waals surface area contributed by atoms with Crippen LogP contribution in [0, 0.1) is 23.7 Å². The molecule has 0 aliphatic heterocycles. The number of esters is 1. The smallest absolute Gasteiger partial charge is 0.305 e. The summed E-state index contributed by atoms with van der Waals surface area (Å²) < 4.78 is 4.66. The highest BCUT2D eigenvalue weighted by atomic mass is 16.5. The summed E-state index contributed by atoms with van der Waals surface area (Å²) in [6.07, 6.45) is 14.7. The molecule has 28 heavy (non-hydrogen) atoms. The molecule has 3 rings (SSSR count). The quantitative estimate of drug-likeness (QED) is 0.271. The molecule has 3 heteroatoms. The maximum atomic E-state index is 12.3. The van der Waals surface area contributed by atoms with Gasteiger partial charge in [0.25, 0.3) is 0 Å². The minimum Gasteiger partial charge on any atom is -0.469 e. The number of carbonyl (C=O) groups is 2. The second-order valence-electron chi connectivity index (χ2n) is 8.43. The molecule has 4 atom stereocenters. The third-order valence-corrected chi connectivity index (χ3v) is 6.52. The molecule has 2 aliphatic carbocycles. The molecule has 0 N–H and O–H groups in total. The molecule has 2 aliphatic rings. The van der Waals surface area contributed by atoms with Crippen LogP contribution in [0.4, 0.5) is 0 Å². The van der Waals surface area contributed by atoms with Crippen LogP contribution in [-0.2, 0) is 20.7 Å². The molecule has 0 heterocycles. The Bertz CT molecular complexity index is 664. The Labute approximate surface area is 169 Å². The molecule has 1 aromatic carbocycles. The number of ether oxygens (including phenoxy) is 1. The van der Waals surface area contributed by atoms with E-state index in [1.807, 2.05) is 0 Å². The first-order chi connectivity index (χ1) is 13.7. The van der Waals surface area contributed by atoms with Crippen LogP contribution in [0.3, 0.4) is 0 Å². The van der Waals surface area contributed by atoms with Gasteiger partial charge >= 0.3 is 5.97 Å². The van der Waals surface area contributed by atoms with Crippen LogP contribution in [0.25, 0.3) is 0 Å². The minimum atomic E-state index is -0.120. The first-order valence-electron chi connectivity index (χ1n) is 11.0. The fourth-order valence-corrected chi connectivity index (χ4v) is 4.90. The van der Waals surface area contributed by atoms with E-state index in [4.69, 9.17) is 0 Å². The first kappa shape index (κ1) is 20.8. The molecule has 2 saturated carbocycles. The average Bonchev–Trinajstić information content (AvgIpc) is 3.27. The van der Waals surface area contributed by atoms with Gasteiger partial charge in [-0.15, -0.1) is 0 Å². The summed E-state index contributed by atoms with van der Waals surface area (Å²) in [4.78, 5) is 23.4. The molecule has 0 radical (unpaired) electrons. The summed E-state index contributed by atoms with van der Waals surface area (Å²) in [6.45, 7) is 0. The van der Waals surface area contributed by atoms with E-state index < -0.39 is 0 Å². The Morgan fingerprint density at radius 3 is 2.68 bits per heavy atom. The van der Waals surface area contributed by atoms with E-state index in [9.17, 15) is 9.59 Å². The number of rotatable bonds is 12. The van der Waals surface area contributed by atoms with Crippen LogP contribution >= 0.6 is 0 Å². The van der Waals surface area contributed by atoms with Gasteiger partial charge in [0.15, 0.2) is 0 Å². The number of hydrogen-bond acceptors (Lipinski definition) is 3. The lowest BCUT2D eigenvalue weighted by molar-refractivity contribution is -0.140. The van der Waals surface area contributed by atoms with Crippen molar-refractivity contribution in [2.45, 2.75) is 64.2 Å². The molecule has 3 unspecified atom stereocenters. The van der Waals surface area contributed by atoms with Crippen LogP contribution in [0.2, 0.25) is 0 Å². The molecule has 152 valence electrons. The van der Waals surface area contributed by atoms with Crippen molar-refractivity contribution in [2.75, 3.05) is 7.11 Å². The van der Waals surface area contributed by atoms with E-state index in [2.05, 4.69) is 47.2 Å².